The van der Waals surface area contributed by atoms with Crippen molar-refractivity contribution >= 4 is 5.97 Å². The van der Waals surface area contributed by atoms with Gasteiger partial charge in [-0.2, -0.15) is 0 Å². The molecule has 0 spiro atoms. The molecule has 0 aromatic rings. The number of hydrogen-bond acceptors (Lipinski definition) is 3. The second-order valence-corrected chi connectivity index (χ2v) is 0.519. The van der Waals surface area contributed by atoms with Crippen molar-refractivity contribution in [3.63, 3.8) is 0 Å². The van der Waals surface area contributed by atoms with E-state index in [2.05, 4.69) is 0 Å². The van der Waals surface area contributed by atoms with Crippen LogP contribution in [0, 0.1) is 0 Å². The summed E-state index contributed by atoms with van der Waals surface area (Å²) in [5.74, 6) is -0.833. The van der Waals surface area contributed by atoms with E-state index in [1.165, 1.54) is 19.2 Å². The number of aliphatic carboxylic acids is 1. The zero-order valence-corrected chi connectivity index (χ0v) is 5.34. The second kappa shape index (κ2) is 16.9. The molecule has 0 rings (SSSR count). The first kappa shape index (κ1) is 15.8. The van der Waals surface area contributed by atoms with Crippen molar-refractivity contribution in [3.8, 4) is 0 Å². The fourth-order valence-corrected chi connectivity index (χ4v) is 0. The number of carboxylic acids is 1. The van der Waals surface area contributed by atoms with E-state index in [4.69, 9.17) is 13.4 Å². The van der Waals surface area contributed by atoms with Gasteiger partial charge in [0.05, 0.1) is 0 Å². The molecule has 4 N–H and O–H groups in total. The van der Waals surface area contributed by atoms with E-state index < -0.39 is 5.97 Å². The monoisotopic (exact) mass is 199 g/mol. The van der Waals surface area contributed by atoms with Crippen molar-refractivity contribution in [2.75, 3.05) is 0 Å². The van der Waals surface area contributed by atoms with Crippen molar-refractivity contribution in [2.45, 2.75) is 6.92 Å². The number of carboxylic acid groups (broad SMARTS) is 1. The average molecular weight is 200 g/mol. The summed E-state index contributed by atoms with van der Waals surface area (Å²) in [4.78, 5) is 9.00. The van der Waals surface area contributed by atoms with E-state index in [1.54, 1.807) is 0 Å². The van der Waals surface area contributed by atoms with E-state index >= 15 is 0 Å². The fourth-order valence-electron chi connectivity index (χ4n) is 0. The van der Waals surface area contributed by atoms with Crippen LogP contribution in [0.3, 0.4) is 0 Å². The topological polar surface area (TPSA) is 89.4 Å². The van der Waals surface area contributed by atoms with Crippen LogP contribution in [0.4, 0.5) is 0 Å². The SMILES string of the molecule is CC(=O)O.N.[O]=[Pd]. The molecule has 7 heavy (non-hydrogen) atoms. The zero-order chi connectivity index (χ0) is 5.58. The van der Waals surface area contributed by atoms with Crippen LogP contribution < -0.4 is 6.15 Å². The Kier molecular flexibility index (Phi) is 38.0. The van der Waals surface area contributed by atoms with Gasteiger partial charge in [-0.1, -0.05) is 0 Å². The van der Waals surface area contributed by atoms with Gasteiger partial charge in [-0.05, 0) is 0 Å². The van der Waals surface area contributed by atoms with E-state index in [-0.39, 0.29) is 6.15 Å². The molecule has 0 amide bonds. The molecule has 0 unspecified atom stereocenters. The molecule has 0 aliphatic heterocycles. The molecule has 4 nitrogen and oxygen atoms in total. The van der Waals surface area contributed by atoms with Crippen LogP contribution in [0.25, 0.3) is 0 Å². The van der Waals surface area contributed by atoms with Gasteiger partial charge in [0.2, 0.25) is 0 Å². The Hall–Kier alpha value is -0.108. The molecule has 0 aliphatic carbocycles. The van der Waals surface area contributed by atoms with Crippen LogP contribution in [-0.4, -0.2) is 11.1 Å². The molecule has 0 saturated heterocycles. The number of hydrogen-bond donors (Lipinski definition) is 2. The maximum atomic E-state index is 9.00. The van der Waals surface area contributed by atoms with Gasteiger partial charge in [0, 0.05) is 6.92 Å². The first-order chi connectivity index (χ1) is 2.73. The van der Waals surface area contributed by atoms with Crippen LogP contribution in [0.2, 0.25) is 0 Å². The van der Waals surface area contributed by atoms with Crippen molar-refractivity contribution < 1.29 is 32.5 Å². The Morgan fingerprint density at radius 2 is 1.57 bits per heavy atom. The van der Waals surface area contributed by atoms with Gasteiger partial charge in [0.25, 0.3) is 5.97 Å². The summed E-state index contributed by atoms with van der Waals surface area (Å²) in [6.45, 7) is 1.08. The summed E-state index contributed by atoms with van der Waals surface area (Å²) in [6, 6.07) is 0. The summed E-state index contributed by atoms with van der Waals surface area (Å²) >= 11 is 1.50. The van der Waals surface area contributed by atoms with Crippen LogP contribution >= 0.6 is 0 Å². The molecule has 0 heterocycles. The van der Waals surface area contributed by atoms with E-state index in [0.29, 0.717) is 0 Å². The van der Waals surface area contributed by atoms with Gasteiger partial charge in [0.15, 0.2) is 0 Å². The molecule has 0 aliphatic rings. The number of carbonyl (C=O) groups is 1. The predicted octanol–water partition coefficient (Wildman–Crippen LogP) is 0.132. The molecular formula is C2H7NO3Pd. The zero-order valence-electron chi connectivity index (χ0n) is 3.79. The Bertz CT molecular complexity index is 44.2. The van der Waals surface area contributed by atoms with Gasteiger partial charge in [0.1, 0.15) is 0 Å². The molecule has 0 aromatic heterocycles. The van der Waals surface area contributed by atoms with Gasteiger partial charge in [-0.25, -0.2) is 0 Å². The first-order valence-corrected chi connectivity index (χ1v) is 1.69. The maximum absolute atomic E-state index is 9.00. The molecule has 0 bridgehead atoms. The van der Waals surface area contributed by atoms with Crippen molar-refractivity contribution in [3.05, 3.63) is 0 Å². The molecule has 0 atom stereocenters. The van der Waals surface area contributed by atoms with Crippen LogP contribution in [0.5, 0.6) is 0 Å². The Morgan fingerprint density at radius 1 is 1.57 bits per heavy atom. The van der Waals surface area contributed by atoms with Crippen molar-refractivity contribution in [2.24, 2.45) is 0 Å². The first-order valence-electron chi connectivity index (χ1n) is 1.06. The minimum absolute atomic E-state index is 0. The predicted molar refractivity (Wildman–Crippen MR) is 19.0 cm³/mol. The summed E-state index contributed by atoms with van der Waals surface area (Å²) in [5.41, 5.74) is 0. The summed E-state index contributed by atoms with van der Waals surface area (Å²) in [5, 5.41) is 7.42. The van der Waals surface area contributed by atoms with Gasteiger partial charge >= 0.3 is 22.6 Å². The van der Waals surface area contributed by atoms with Crippen molar-refractivity contribution in [1.82, 2.24) is 6.15 Å². The summed E-state index contributed by atoms with van der Waals surface area (Å²) in [7, 11) is 0. The third-order valence-electron chi connectivity index (χ3n) is 0. The second-order valence-electron chi connectivity index (χ2n) is 0.519. The third kappa shape index (κ3) is 7700. The standard InChI is InChI=1S/C2H4O2.H3N.O.Pd/c1-2(3)4;;;/h1H3,(H,3,4);1H3;;. The Morgan fingerprint density at radius 3 is 1.57 bits per heavy atom. The van der Waals surface area contributed by atoms with Gasteiger partial charge < -0.3 is 11.3 Å². The van der Waals surface area contributed by atoms with Crippen molar-refractivity contribution in [1.29, 1.82) is 0 Å². The average Bonchev–Trinajstić information content (AvgIpc) is 1.41. The third-order valence-corrected chi connectivity index (χ3v) is 0. The molecule has 0 fully saturated rings. The Labute approximate surface area is 52.2 Å². The van der Waals surface area contributed by atoms with E-state index in [1.807, 2.05) is 0 Å². The fraction of sp³-hybridized carbons (Fsp3) is 0.500. The number of rotatable bonds is 0. The van der Waals surface area contributed by atoms with E-state index in [9.17, 15) is 0 Å². The summed E-state index contributed by atoms with van der Waals surface area (Å²) in [6.07, 6.45) is 0. The molecule has 0 radical (unpaired) electrons. The minimum atomic E-state index is -0.833. The molecular weight excluding hydrogens is 192 g/mol. The van der Waals surface area contributed by atoms with Crippen LogP contribution in [-0.2, 0) is 27.4 Å². The molecule has 48 valence electrons. The molecule has 5 heteroatoms. The van der Waals surface area contributed by atoms with E-state index in [0.717, 1.165) is 6.92 Å². The summed E-state index contributed by atoms with van der Waals surface area (Å²) < 4.78 is 8.10. The van der Waals surface area contributed by atoms with Crippen LogP contribution in [0.1, 0.15) is 6.92 Å². The normalized spacial score (nSPS) is 4.43. The Balaban J connectivity index is -0.0000000480. The molecule has 0 saturated carbocycles. The van der Waals surface area contributed by atoms with Crippen LogP contribution in [0.15, 0.2) is 0 Å². The van der Waals surface area contributed by atoms with Gasteiger partial charge in [-0.15, -0.1) is 0 Å². The quantitative estimate of drug-likeness (QED) is 0.543. The molecule has 0 aromatic carbocycles. The van der Waals surface area contributed by atoms with Gasteiger partial charge in [-0.3, -0.25) is 4.79 Å².